The van der Waals surface area contributed by atoms with Crippen LogP contribution in [0.1, 0.15) is 31.7 Å². The van der Waals surface area contributed by atoms with Crippen LogP contribution in [-0.4, -0.2) is 55.7 Å². The lowest BCUT2D eigenvalue weighted by Crippen LogP contribution is -2.51. The fourth-order valence-electron chi connectivity index (χ4n) is 3.10. The van der Waals surface area contributed by atoms with Gasteiger partial charge in [-0.05, 0) is 44.6 Å². The normalized spacial score (nSPS) is 19.6. The van der Waals surface area contributed by atoms with Gasteiger partial charge in [-0.2, -0.15) is 0 Å². The number of hydrogen-bond donors (Lipinski definition) is 3. The zero-order chi connectivity index (χ0) is 20.0. The van der Waals surface area contributed by atoms with Crippen molar-refractivity contribution in [2.24, 2.45) is 0 Å². The average molecular weight is 374 g/mol. The quantitative estimate of drug-likeness (QED) is 0.493. The van der Waals surface area contributed by atoms with Crippen molar-refractivity contribution in [1.29, 1.82) is 0 Å². The van der Waals surface area contributed by atoms with Crippen molar-refractivity contribution in [3.05, 3.63) is 29.8 Å². The Bertz CT molecular complexity index is 730. The number of imide groups is 1. The minimum Gasteiger partial charge on any atom is -0.347 e. The van der Waals surface area contributed by atoms with E-state index in [0.717, 1.165) is 5.56 Å². The van der Waals surface area contributed by atoms with Crippen molar-refractivity contribution in [2.45, 2.75) is 31.6 Å². The number of carbonyl (C=O) groups excluding carboxylic acids is 4. The van der Waals surface area contributed by atoms with E-state index >= 15 is 0 Å². The molecule has 2 rings (SSSR count). The van der Waals surface area contributed by atoms with Crippen LogP contribution in [0, 0.1) is 0 Å². The van der Waals surface area contributed by atoms with E-state index in [2.05, 4.69) is 16.0 Å². The number of rotatable bonds is 6. The lowest BCUT2D eigenvalue weighted by atomic mass is 9.72. The number of benzene rings is 1. The molecule has 0 bridgehead atoms. The van der Waals surface area contributed by atoms with Crippen molar-refractivity contribution < 1.29 is 19.2 Å². The molecule has 8 nitrogen and oxygen atoms in total. The van der Waals surface area contributed by atoms with Crippen molar-refractivity contribution in [3.63, 3.8) is 0 Å². The molecule has 1 unspecified atom stereocenters. The van der Waals surface area contributed by atoms with Crippen LogP contribution in [0.4, 0.5) is 5.69 Å². The average Bonchev–Trinajstić information content (AvgIpc) is 2.62. The Balaban J connectivity index is 2.02. The number of piperidine rings is 1. The van der Waals surface area contributed by atoms with E-state index < -0.39 is 17.2 Å². The third kappa shape index (κ3) is 4.91. The summed E-state index contributed by atoms with van der Waals surface area (Å²) in [6.45, 7) is 2.92. The molecule has 1 aliphatic heterocycles. The standard InChI is InChI=1S/C19H26N4O4/c1-4-19(10-9-15(24)22-18(19)27)13-5-7-14(8-6-13)21-17(26)16(25)20-11-12-23(2)3/h5-8H,4,9-12H2,1-3H3,(H,20,25)(H,21,26)(H,22,24,27). The first-order chi connectivity index (χ1) is 12.8. The molecule has 1 aromatic rings. The van der Waals surface area contributed by atoms with Crippen molar-refractivity contribution in [3.8, 4) is 0 Å². The highest BCUT2D eigenvalue weighted by Crippen LogP contribution is 2.36. The summed E-state index contributed by atoms with van der Waals surface area (Å²) >= 11 is 0. The third-order valence-electron chi connectivity index (χ3n) is 4.82. The van der Waals surface area contributed by atoms with Crippen LogP contribution in [0.2, 0.25) is 0 Å². The molecule has 146 valence electrons. The van der Waals surface area contributed by atoms with Crippen LogP contribution in [0.15, 0.2) is 24.3 Å². The molecule has 3 N–H and O–H groups in total. The number of nitrogens with one attached hydrogen (secondary N) is 3. The van der Waals surface area contributed by atoms with Gasteiger partial charge in [0.25, 0.3) is 0 Å². The van der Waals surface area contributed by atoms with Gasteiger partial charge in [-0.15, -0.1) is 0 Å². The topological polar surface area (TPSA) is 108 Å². The van der Waals surface area contributed by atoms with Gasteiger partial charge in [-0.25, -0.2) is 0 Å². The van der Waals surface area contributed by atoms with E-state index in [-0.39, 0.29) is 11.8 Å². The zero-order valence-corrected chi connectivity index (χ0v) is 15.9. The van der Waals surface area contributed by atoms with Gasteiger partial charge in [0, 0.05) is 25.2 Å². The first-order valence-electron chi connectivity index (χ1n) is 8.97. The lowest BCUT2D eigenvalue weighted by Gasteiger charge is -2.35. The summed E-state index contributed by atoms with van der Waals surface area (Å²) in [6.07, 6.45) is 1.31. The van der Waals surface area contributed by atoms with Crippen LogP contribution in [0.25, 0.3) is 0 Å². The number of anilines is 1. The molecule has 4 amide bonds. The van der Waals surface area contributed by atoms with Gasteiger partial charge in [0.1, 0.15) is 0 Å². The van der Waals surface area contributed by atoms with Crippen LogP contribution in [0.3, 0.4) is 0 Å². The molecule has 1 fully saturated rings. The van der Waals surface area contributed by atoms with E-state index in [1.165, 1.54) is 0 Å². The molecule has 0 aliphatic carbocycles. The predicted octanol–water partition coefficient (Wildman–Crippen LogP) is 0.387. The van der Waals surface area contributed by atoms with Crippen LogP contribution < -0.4 is 16.0 Å². The minimum absolute atomic E-state index is 0.256. The van der Waals surface area contributed by atoms with Crippen molar-refractivity contribution in [1.82, 2.24) is 15.5 Å². The summed E-state index contributed by atoms with van der Waals surface area (Å²) < 4.78 is 0. The van der Waals surface area contributed by atoms with Crippen LogP contribution in [0.5, 0.6) is 0 Å². The first-order valence-corrected chi connectivity index (χ1v) is 8.97. The number of likely N-dealkylation sites (N-methyl/N-ethyl adjacent to an activating group) is 1. The molecule has 0 saturated carbocycles. The maximum Gasteiger partial charge on any atom is 0.313 e. The number of hydrogen-bond acceptors (Lipinski definition) is 5. The second-order valence-electron chi connectivity index (χ2n) is 6.90. The van der Waals surface area contributed by atoms with Gasteiger partial charge in [0.15, 0.2) is 0 Å². The fraction of sp³-hybridized carbons (Fsp3) is 0.474. The molecule has 1 atom stereocenters. The number of carbonyl (C=O) groups is 4. The van der Waals surface area contributed by atoms with Gasteiger partial charge in [0.05, 0.1) is 5.41 Å². The molecule has 0 aromatic heterocycles. The van der Waals surface area contributed by atoms with Gasteiger partial charge >= 0.3 is 11.8 Å². The Labute approximate surface area is 158 Å². The molecule has 1 heterocycles. The Kier molecular flexibility index (Phi) is 6.68. The first kappa shape index (κ1) is 20.6. The van der Waals surface area contributed by atoms with E-state index in [9.17, 15) is 19.2 Å². The number of nitrogens with zero attached hydrogens (tertiary/aromatic N) is 1. The summed E-state index contributed by atoms with van der Waals surface area (Å²) in [5.74, 6) is -1.99. The van der Waals surface area contributed by atoms with E-state index in [1.807, 2.05) is 25.9 Å². The SMILES string of the molecule is CCC1(c2ccc(NC(=O)C(=O)NCCN(C)C)cc2)CCC(=O)NC1=O. The Hall–Kier alpha value is -2.74. The second kappa shape index (κ2) is 8.77. The van der Waals surface area contributed by atoms with E-state index in [1.54, 1.807) is 24.3 Å². The predicted molar refractivity (Wildman–Crippen MR) is 101 cm³/mol. The highest BCUT2D eigenvalue weighted by atomic mass is 16.2. The van der Waals surface area contributed by atoms with Crippen molar-refractivity contribution >= 4 is 29.3 Å². The molecule has 27 heavy (non-hydrogen) atoms. The number of amides is 4. The third-order valence-corrected chi connectivity index (χ3v) is 4.82. The van der Waals surface area contributed by atoms with Crippen LogP contribution >= 0.6 is 0 Å². The molecule has 8 heteroatoms. The molecule has 0 spiro atoms. The minimum atomic E-state index is -0.750. The van der Waals surface area contributed by atoms with Gasteiger partial charge in [0.2, 0.25) is 11.8 Å². The van der Waals surface area contributed by atoms with Crippen LogP contribution in [-0.2, 0) is 24.6 Å². The molecular weight excluding hydrogens is 348 g/mol. The Morgan fingerprint density at radius 3 is 2.37 bits per heavy atom. The highest BCUT2D eigenvalue weighted by molar-refractivity contribution is 6.39. The maximum atomic E-state index is 12.4. The van der Waals surface area contributed by atoms with E-state index in [4.69, 9.17) is 0 Å². The Morgan fingerprint density at radius 1 is 1.15 bits per heavy atom. The largest absolute Gasteiger partial charge is 0.347 e. The molecular formula is C19H26N4O4. The summed E-state index contributed by atoms with van der Waals surface area (Å²) in [7, 11) is 3.75. The smallest absolute Gasteiger partial charge is 0.313 e. The van der Waals surface area contributed by atoms with E-state index in [0.29, 0.717) is 38.0 Å². The molecule has 1 saturated heterocycles. The van der Waals surface area contributed by atoms with Gasteiger partial charge in [-0.1, -0.05) is 19.1 Å². The summed E-state index contributed by atoms with van der Waals surface area (Å²) in [5, 5.41) is 7.49. The molecule has 1 aliphatic rings. The Morgan fingerprint density at radius 2 is 1.81 bits per heavy atom. The lowest BCUT2D eigenvalue weighted by molar-refractivity contribution is -0.138. The monoisotopic (exact) mass is 374 g/mol. The second-order valence-corrected chi connectivity index (χ2v) is 6.90. The van der Waals surface area contributed by atoms with Crippen molar-refractivity contribution in [2.75, 3.05) is 32.5 Å². The zero-order valence-electron chi connectivity index (χ0n) is 15.9. The summed E-state index contributed by atoms with van der Waals surface area (Å²) in [5.41, 5.74) is 0.494. The fourth-order valence-corrected chi connectivity index (χ4v) is 3.10. The maximum absolute atomic E-state index is 12.4. The highest BCUT2D eigenvalue weighted by Gasteiger charge is 2.42. The van der Waals surface area contributed by atoms with Gasteiger partial charge < -0.3 is 15.5 Å². The molecule has 0 radical (unpaired) electrons. The molecule has 1 aromatic carbocycles. The summed E-state index contributed by atoms with van der Waals surface area (Å²) in [6, 6.07) is 6.81. The van der Waals surface area contributed by atoms with Gasteiger partial charge in [-0.3, -0.25) is 24.5 Å². The summed E-state index contributed by atoms with van der Waals surface area (Å²) in [4.78, 5) is 49.5.